The van der Waals surface area contributed by atoms with Crippen molar-refractivity contribution in [2.45, 2.75) is 0 Å². The van der Waals surface area contributed by atoms with Crippen molar-refractivity contribution in [2.75, 3.05) is 5.75 Å². The van der Waals surface area contributed by atoms with Crippen molar-refractivity contribution in [3.63, 3.8) is 0 Å². The van der Waals surface area contributed by atoms with Gasteiger partial charge in [0.15, 0.2) is 0 Å². The second kappa shape index (κ2) is 5.00. The number of nitrogens with two attached hydrogens (primary N) is 1. The Balaban J connectivity index is 3.05. The number of thioether (sulfide) groups is 1. The topological polar surface area (TPSA) is 43.1 Å². The van der Waals surface area contributed by atoms with Crippen LogP contribution < -0.4 is 5.73 Å². The first-order valence-electron chi connectivity index (χ1n) is 1.92. The van der Waals surface area contributed by atoms with E-state index in [-0.39, 0.29) is 5.91 Å². The molecule has 0 radical (unpaired) electrons. The summed E-state index contributed by atoms with van der Waals surface area (Å²) in [6.45, 7) is 0. The molecular formula is C4H6ClNOS. The van der Waals surface area contributed by atoms with E-state index in [0.29, 0.717) is 5.75 Å². The molecule has 4 heteroatoms. The normalized spacial score (nSPS) is 10.1. The Morgan fingerprint density at radius 1 is 1.88 bits per heavy atom. The Bertz CT molecular complexity index is 104. The zero-order chi connectivity index (χ0) is 6.41. The van der Waals surface area contributed by atoms with Gasteiger partial charge >= 0.3 is 0 Å². The molecule has 0 aliphatic heterocycles. The van der Waals surface area contributed by atoms with Crippen molar-refractivity contribution in [3.8, 4) is 0 Å². The molecular weight excluding hydrogens is 146 g/mol. The SMILES string of the molecule is NC(=O)CSC=CCl. The van der Waals surface area contributed by atoms with E-state index < -0.39 is 0 Å². The van der Waals surface area contributed by atoms with Gasteiger partial charge in [-0.1, -0.05) is 11.6 Å². The molecule has 0 aliphatic rings. The van der Waals surface area contributed by atoms with Crippen LogP contribution in [0.15, 0.2) is 10.9 Å². The quantitative estimate of drug-likeness (QED) is 0.652. The molecule has 0 unspecified atom stereocenters. The Labute approximate surface area is 57.1 Å². The zero-order valence-electron chi connectivity index (χ0n) is 4.13. The van der Waals surface area contributed by atoms with E-state index in [9.17, 15) is 4.79 Å². The van der Waals surface area contributed by atoms with Crippen LogP contribution in [-0.4, -0.2) is 11.7 Å². The largest absolute Gasteiger partial charge is 0.369 e. The highest BCUT2D eigenvalue weighted by atomic mass is 35.5. The number of rotatable bonds is 3. The second-order valence-corrected chi connectivity index (χ2v) is 2.19. The van der Waals surface area contributed by atoms with Crippen molar-refractivity contribution >= 4 is 29.3 Å². The Hall–Kier alpha value is -0.150. The summed E-state index contributed by atoms with van der Waals surface area (Å²) in [6.07, 6.45) is 0. The Morgan fingerprint density at radius 3 is 2.88 bits per heavy atom. The fraction of sp³-hybridized carbons (Fsp3) is 0.250. The summed E-state index contributed by atoms with van der Waals surface area (Å²) >= 11 is 6.41. The fourth-order valence-electron chi connectivity index (χ4n) is 0.167. The van der Waals surface area contributed by atoms with Crippen LogP contribution in [0.5, 0.6) is 0 Å². The molecule has 0 atom stereocenters. The minimum Gasteiger partial charge on any atom is -0.369 e. The van der Waals surface area contributed by atoms with E-state index in [1.54, 1.807) is 5.41 Å². The molecule has 0 fully saturated rings. The Morgan fingerprint density at radius 2 is 2.50 bits per heavy atom. The van der Waals surface area contributed by atoms with Gasteiger partial charge in [0.25, 0.3) is 0 Å². The van der Waals surface area contributed by atoms with Crippen LogP contribution in [0.25, 0.3) is 0 Å². The summed E-state index contributed by atoms with van der Waals surface area (Å²) in [5, 5.41) is 1.60. The van der Waals surface area contributed by atoms with E-state index in [4.69, 9.17) is 17.3 Å². The van der Waals surface area contributed by atoms with Gasteiger partial charge in [-0.3, -0.25) is 4.79 Å². The number of hydrogen-bond acceptors (Lipinski definition) is 2. The molecule has 2 nitrogen and oxygen atoms in total. The van der Waals surface area contributed by atoms with Gasteiger partial charge in [0.05, 0.1) is 5.75 Å². The van der Waals surface area contributed by atoms with E-state index in [1.807, 2.05) is 0 Å². The zero-order valence-corrected chi connectivity index (χ0v) is 5.71. The van der Waals surface area contributed by atoms with E-state index in [2.05, 4.69) is 0 Å². The van der Waals surface area contributed by atoms with Gasteiger partial charge in [-0.25, -0.2) is 0 Å². The highest BCUT2D eigenvalue weighted by Gasteiger charge is 1.87. The Kier molecular flexibility index (Phi) is 4.90. The van der Waals surface area contributed by atoms with Crippen molar-refractivity contribution in [1.29, 1.82) is 0 Å². The van der Waals surface area contributed by atoms with Crippen molar-refractivity contribution < 1.29 is 4.79 Å². The lowest BCUT2D eigenvalue weighted by Gasteiger charge is -1.84. The molecule has 46 valence electrons. The molecule has 1 amide bonds. The summed E-state index contributed by atoms with van der Waals surface area (Å²) in [6, 6.07) is 0. The molecule has 0 aliphatic carbocycles. The van der Waals surface area contributed by atoms with E-state index >= 15 is 0 Å². The summed E-state index contributed by atoms with van der Waals surface area (Å²) < 4.78 is 0. The maximum absolute atomic E-state index is 10.00. The number of carbonyl (C=O) groups is 1. The number of amides is 1. The van der Waals surface area contributed by atoms with Crippen molar-refractivity contribution in [1.82, 2.24) is 0 Å². The fourth-order valence-corrected chi connectivity index (χ4v) is 0.718. The number of primary amides is 1. The molecule has 0 heterocycles. The number of halogens is 1. The van der Waals surface area contributed by atoms with Gasteiger partial charge in [-0.15, -0.1) is 11.8 Å². The molecule has 0 saturated carbocycles. The lowest BCUT2D eigenvalue weighted by molar-refractivity contribution is -0.115. The lowest BCUT2D eigenvalue weighted by Crippen LogP contribution is -2.12. The minimum absolute atomic E-state index is 0.295. The minimum atomic E-state index is -0.329. The van der Waals surface area contributed by atoms with Crippen LogP contribution in [0.1, 0.15) is 0 Å². The standard InChI is InChI=1S/C4H6ClNOS/c5-1-2-8-3-4(6)7/h1-2H,3H2,(H2,6,7). The molecule has 2 N–H and O–H groups in total. The molecule has 0 aromatic rings. The van der Waals surface area contributed by atoms with Gasteiger partial charge in [0, 0.05) is 5.54 Å². The molecule has 0 aromatic heterocycles. The highest BCUT2D eigenvalue weighted by molar-refractivity contribution is 8.02. The molecule has 0 aromatic carbocycles. The second-order valence-electron chi connectivity index (χ2n) is 1.04. The van der Waals surface area contributed by atoms with Crippen LogP contribution in [0.3, 0.4) is 0 Å². The van der Waals surface area contributed by atoms with Gasteiger partial charge in [-0.2, -0.15) is 0 Å². The predicted octanol–water partition coefficient (Wildman–Crippen LogP) is 0.915. The van der Waals surface area contributed by atoms with Gasteiger partial charge in [0.1, 0.15) is 0 Å². The maximum atomic E-state index is 10.00. The van der Waals surface area contributed by atoms with Crippen LogP contribution in [-0.2, 0) is 4.79 Å². The summed E-state index contributed by atoms with van der Waals surface area (Å²) in [5.74, 6) is -0.0341. The average molecular weight is 152 g/mol. The molecule has 0 bridgehead atoms. The average Bonchev–Trinajstić information content (AvgIpc) is 1.66. The van der Waals surface area contributed by atoms with Gasteiger partial charge < -0.3 is 5.73 Å². The summed E-state index contributed by atoms with van der Waals surface area (Å²) in [7, 11) is 0. The number of carbonyl (C=O) groups excluding carboxylic acids is 1. The molecule has 0 spiro atoms. The van der Waals surface area contributed by atoms with Crippen LogP contribution in [0.2, 0.25) is 0 Å². The van der Waals surface area contributed by atoms with Gasteiger partial charge in [-0.05, 0) is 5.41 Å². The lowest BCUT2D eigenvalue weighted by atomic mass is 10.8. The maximum Gasteiger partial charge on any atom is 0.227 e. The molecule has 8 heavy (non-hydrogen) atoms. The smallest absolute Gasteiger partial charge is 0.227 e. The summed E-state index contributed by atoms with van der Waals surface area (Å²) in [4.78, 5) is 10.00. The van der Waals surface area contributed by atoms with Crippen molar-refractivity contribution in [2.24, 2.45) is 5.73 Å². The first-order chi connectivity index (χ1) is 3.77. The summed E-state index contributed by atoms with van der Waals surface area (Å²) in [5.41, 5.74) is 6.14. The van der Waals surface area contributed by atoms with Crippen LogP contribution in [0.4, 0.5) is 0 Å². The van der Waals surface area contributed by atoms with Crippen LogP contribution >= 0.6 is 23.4 Å². The van der Waals surface area contributed by atoms with E-state index in [1.165, 1.54) is 17.3 Å². The molecule has 0 rings (SSSR count). The third-order valence-electron chi connectivity index (χ3n) is 0.373. The van der Waals surface area contributed by atoms with Crippen LogP contribution in [0, 0.1) is 0 Å². The van der Waals surface area contributed by atoms with E-state index in [0.717, 1.165) is 0 Å². The monoisotopic (exact) mass is 151 g/mol. The number of hydrogen-bond donors (Lipinski definition) is 1. The highest BCUT2D eigenvalue weighted by Crippen LogP contribution is 2.00. The van der Waals surface area contributed by atoms with Gasteiger partial charge in [0.2, 0.25) is 5.91 Å². The first kappa shape index (κ1) is 7.85. The predicted molar refractivity (Wildman–Crippen MR) is 36.6 cm³/mol. The first-order valence-corrected chi connectivity index (χ1v) is 3.41. The third kappa shape index (κ3) is 5.85. The third-order valence-corrected chi connectivity index (χ3v) is 1.43. The van der Waals surface area contributed by atoms with Crippen molar-refractivity contribution in [3.05, 3.63) is 10.9 Å². The molecule has 0 saturated heterocycles.